The minimum atomic E-state index is -4.46. The Kier molecular flexibility index (Phi) is 12.0. The van der Waals surface area contributed by atoms with Gasteiger partial charge in [-0.05, 0) is 66.9 Å². The van der Waals surface area contributed by atoms with Crippen LogP contribution in [0, 0.1) is 5.82 Å². The monoisotopic (exact) mass is 771 g/mol. The van der Waals surface area contributed by atoms with Gasteiger partial charge < -0.3 is 5.32 Å². The molecule has 5 aromatic rings. The van der Waals surface area contributed by atoms with Crippen molar-refractivity contribution in [2.24, 2.45) is 0 Å². The molecule has 0 aliphatic heterocycles. The smallest absolute Gasteiger partial charge is 0.326 e. The van der Waals surface area contributed by atoms with E-state index in [2.05, 4.69) is 10.4 Å². The van der Waals surface area contributed by atoms with Crippen LogP contribution in [0.3, 0.4) is 0 Å². The van der Waals surface area contributed by atoms with Gasteiger partial charge in [0.2, 0.25) is 5.91 Å². The highest BCUT2D eigenvalue weighted by atomic mass is 35.5. The molecule has 0 aliphatic rings. The van der Waals surface area contributed by atoms with Crippen LogP contribution in [0.2, 0.25) is 15.1 Å². The van der Waals surface area contributed by atoms with Gasteiger partial charge in [0.25, 0.3) is 15.9 Å². The van der Waals surface area contributed by atoms with E-state index in [1.165, 1.54) is 53.1 Å². The molecule has 0 spiro atoms. The number of hydrogen-bond donors (Lipinski definition) is 2. The second kappa shape index (κ2) is 16.2. The summed E-state index contributed by atoms with van der Waals surface area (Å²) >= 11 is 18.5. The van der Waals surface area contributed by atoms with E-state index in [1.54, 1.807) is 24.3 Å². The third-order valence-corrected chi connectivity index (χ3v) is 10.2. The molecular weight excluding hydrogens is 740 g/mol. The van der Waals surface area contributed by atoms with Gasteiger partial charge in [-0.25, -0.2) is 22.3 Å². The van der Waals surface area contributed by atoms with Gasteiger partial charge in [0, 0.05) is 34.7 Å². The maximum absolute atomic E-state index is 15.8. The van der Waals surface area contributed by atoms with Gasteiger partial charge >= 0.3 is 5.69 Å². The molecule has 10 nitrogen and oxygen atoms in total. The van der Waals surface area contributed by atoms with Gasteiger partial charge in [0.1, 0.15) is 11.6 Å². The fourth-order valence-corrected chi connectivity index (χ4v) is 7.10. The molecule has 2 amide bonds. The number of nitrogens with one attached hydrogen (secondary N) is 2. The summed E-state index contributed by atoms with van der Waals surface area (Å²) in [6.07, 6.45) is 3.00. The third-order valence-electron chi connectivity index (χ3n) is 7.90. The molecule has 2 N–H and O–H groups in total. The second-order valence-electron chi connectivity index (χ2n) is 11.6. The molecule has 51 heavy (non-hydrogen) atoms. The fourth-order valence-electron chi connectivity index (χ4n) is 5.33. The number of rotatable bonds is 13. The number of aryl methyl sites for hydroxylation is 1. The molecule has 0 bridgehead atoms. The van der Waals surface area contributed by atoms with Gasteiger partial charge in [0.05, 0.1) is 32.7 Å². The highest BCUT2D eigenvalue weighted by Gasteiger charge is 2.25. The standard InChI is InChI=1S/C36H33Cl3FN5O5S/c1-3-5-11-34(46)41-25-15-17-29(39)31(20-25)45-36(48)44(33(42-45)8-4-2)21-23-13-12-22(18-30(23)40)26-9-6-7-10-32(26)51(49,50)43-35(47)27-19-24(37)14-16-28(27)38/h6-7,9-10,12-20H,3-5,8,11,21H2,1-2H3,(H,41,46)(H,43,47). The predicted molar refractivity (Wildman–Crippen MR) is 197 cm³/mol. The zero-order chi connectivity index (χ0) is 36.9. The van der Waals surface area contributed by atoms with Gasteiger partial charge in [-0.2, -0.15) is 4.68 Å². The Bertz CT molecular complexity index is 2290. The van der Waals surface area contributed by atoms with E-state index in [0.29, 0.717) is 30.8 Å². The molecule has 0 saturated carbocycles. The molecule has 0 atom stereocenters. The first kappa shape index (κ1) is 37.8. The molecule has 4 aromatic carbocycles. The van der Waals surface area contributed by atoms with Crippen molar-refractivity contribution in [1.82, 2.24) is 19.1 Å². The summed E-state index contributed by atoms with van der Waals surface area (Å²) in [5.41, 5.74) is 0.497. The number of hydrogen-bond acceptors (Lipinski definition) is 6. The van der Waals surface area contributed by atoms with Crippen molar-refractivity contribution in [1.29, 1.82) is 0 Å². The van der Waals surface area contributed by atoms with E-state index in [4.69, 9.17) is 34.8 Å². The Labute approximate surface area is 309 Å². The molecule has 0 aliphatic carbocycles. The van der Waals surface area contributed by atoms with Crippen LogP contribution in [0.5, 0.6) is 0 Å². The first-order chi connectivity index (χ1) is 24.3. The molecule has 0 fully saturated rings. The Morgan fingerprint density at radius 1 is 0.902 bits per heavy atom. The quantitative estimate of drug-likeness (QED) is 0.125. The van der Waals surface area contributed by atoms with Crippen LogP contribution in [-0.2, 0) is 27.8 Å². The zero-order valence-corrected chi connectivity index (χ0v) is 30.6. The Morgan fingerprint density at radius 3 is 2.37 bits per heavy atom. The lowest BCUT2D eigenvalue weighted by Gasteiger charge is -2.14. The summed E-state index contributed by atoms with van der Waals surface area (Å²) < 4.78 is 47.1. The highest BCUT2D eigenvalue weighted by Crippen LogP contribution is 2.30. The van der Waals surface area contributed by atoms with Gasteiger partial charge in [-0.15, -0.1) is 5.10 Å². The van der Waals surface area contributed by atoms with E-state index < -0.39 is 27.4 Å². The average Bonchev–Trinajstić information content (AvgIpc) is 3.40. The largest absolute Gasteiger partial charge is 0.351 e. The summed E-state index contributed by atoms with van der Waals surface area (Å²) in [7, 11) is -4.46. The predicted octanol–water partition coefficient (Wildman–Crippen LogP) is 8.05. The minimum Gasteiger partial charge on any atom is -0.326 e. The van der Waals surface area contributed by atoms with Crippen LogP contribution < -0.4 is 15.7 Å². The van der Waals surface area contributed by atoms with Crippen LogP contribution in [0.1, 0.15) is 61.3 Å². The molecular formula is C36H33Cl3FN5O5S. The summed E-state index contributed by atoms with van der Waals surface area (Å²) in [5.74, 6) is -1.46. The average molecular weight is 773 g/mol. The van der Waals surface area contributed by atoms with Crippen molar-refractivity contribution in [3.63, 3.8) is 0 Å². The SMILES string of the molecule is CCCCC(=O)Nc1ccc(Cl)c(-n2nc(CCC)n(Cc3ccc(-c4ccccc4S(=O)(=O)NC(=O)c4cc(Cl)ccc4Cl)cc3F)c2=O)c1. The number of halogens is 4. The van der Waals surface area contributed by atoms with Crippen LogP contribution in [0.4, 0.5) is 10.1 Å². The molecule has 0 saturated heterocycles. The van der Waals surface area contributed by atoms with Crippen LogP contribution in [0.15, 0.2) is 88.6 Å². The maximum atomic E-state index is 15.8. The number of unbranched alkanes of at least 4 members (excludes halogenated alkanes) is 1. The maximum Gasteiger partial charge on any atom is 0.351 e. The summed E-state index contributed by atoms with van der Waals surface area (Å²) in [4.78, 5) is 38.7. The summed E-state index contributed by atoms with van der Waals surface area (Å²) in [5, 5.41) is 7.76. The van der Waals surface area contributed by atoms with Crippen molar-refractivity contribution in [2.45, 2.75) is 57.4 Å². The highest BCUT2D eigenvalue weighted by molar-refractivity contribution is 7.90. The van der Waals surface area contributed by atoms with E-state index in [9.17, 15) is 22.8 Å². The van der Waals surface area contributed by atoms with Crippen molar-refractivity contribution < 1.29 is 22.4 Å². The van der Waals surface area contributed by atoms with Crippen LogP contribution >= 0.6 is 34.8 Å². The molecule has 266 valence electrons. The van der Waals surface area contributed by atoms with Crippen LogP contribution in [-0.4, -0.2) is 34.6 Å². The molecule has 0 unspecified atom stereocenters. The molecule has 5 rings (SSSR count). The second-order valence-corrected chi connectivity index (χ2v) is 14.5. The summed E-state index contributed by atoms with van der Waals surface area (Å²) in [6.45, 7) is 3.73. The van der Waals surface area contributed by atoms with Gasteiger partial charge in [-0.1, -0.05) is 85.4 Å². The Balaban J connectivity index is 1.44. The molecule has 1 aromatic heterocycles. The van der Waals surface area contributed by atoms with Crippen molar-refractivity contribution in [2.75, 3.05) is 5.32 Å². The van der Waals surface area contributed by atoms with E-state index in [0.717, 1.165) is 23.6 Å². The van der Waals surface area contributed by atoms with E-state index in [1.807, 2.05) is 18.6 Å². The number of amides is 2. The number of aromatic nitrogens is 3. The zero-order valence-electron chi connectivity index (χ0n) is 27.6. The third kappa shape index (κ3) is 8.70. The van der Waals surface area contributed by atoms with Crippen molar-refractivity contribution >= 4 is 62.3 Å². The lowest BCUT2D eigenvalue weighted by atomic mass is 10.0. The van der Waals surface area contributed by atoms with Crippen molar-refractivity contribution in [3.05, 3.63) is 127 Å². The van der Waals surface area contributed by atoms with Gasteiger partial charge in [0.15, 0.2) is 0 Å². The summed E-state index contributed by atoms with van der Waals surface area (Å²) in [6, 6.07) is 18.8. The first-order valence-corrected chi connectivity index (χ1v) is 18.6. The number of nitrogens with zero attached hydrogens (tertiary/aromatic N) is 3. The van der Waals surface area contributed by atoms with Crippen LogP contribution in [0.25, 0.3) is 16.8 Å². The Hall–Kier alpha value is -4.49. The molecule has 0 radical (unpaired) electrons. The number of anilines is 1. The number of sulfonamides is 1. The number of carbonyl (C=O) groups is 2. The fraction of sp³-hybridized carbons (Fsp3) is 0.222. The minimum absolute atomic E-state index is 0.00714. The van der Waals surface area contributed by atoms with Gasteiger partial charge in [-0.3, -0.25) is 14.2 Å². The van der Waals surface area contributed by atoms with E-state index >= 15 is 4.39 Å². The topological polar surface area (TPSA) is 132 Å². The molecule has 1 heterocycles. The number of benzene rings is 4. The van der Waals surface area contributed by atoms with E-state index in [-0.39, 0.29) is 60.4 Å². The normalized spacial score (nSPS) is 11.4. The first-order valence-electron chi connectivity index (χ1n) is 16.0. The molecule has 15 heteroatoms. The lowest BCUT2D eigenvalue weighted by Crippen LogP contribution is -2.31. The number of carbonyl (C=O) groups excluding carboxylic acids is 2. The Morgan fingerprint density at radius 2 is 1.65 bits per heavy atom. The lowest BCUT2D eigenvalue weighted by molar-refractivity contribution is -0.116. The van der Waals surface area contributed by atoms with Crippen molar-refractivity contribution in [3.8, 4) is 16.8 Å².